The van der Waals surface area contributed by atoms with Gasteiger partial charge in [-0.25, -0.2) is 9.37 Å². The van der Waals surface area contributed by atoms with Crippen molar-refractivity contribution >= 4 is 22.5 Å². The number of methoxy groups -OCH3 is 2. The van der Waals surface area contributed by atoms with Gasteiger partial charge >= 0.3 is 0 Å². The number of benzene rings is 1. The Morgan fingerprint density at radius 1 is 1.06 bits per heavy atom. The third kappa shape index (κ3) is 4.94. The first-order valence-electron chi connectivity index (χ1n) is 11.1. The van der Waals surface area contributed by atoms with Gasteiger partial charge in [0.1, 0.15) is 11.6 Å². The maximum atomic E-state index is 15.4. The quantitative estimate of drug-likeness (QED) is 0.395. The molecular weight excluding hydrogens is 435 g/mol. The molecule has 8 nitrogen and oxygen atoms in total. The van der Waals surface area contributed by atoms with Crippen LogP contribution in [0, 0.1) is 5.82 Å². The molecule has 0 amide bonds. The van der Waals surface area contributed by atoms with Gasteiger partial charge in [-0.2, -0.15) is 5.10 Å². The van der Waals surface area contributed by atoms with E-state index in [1.165, 1.54) is 13.2 Å². The van der Waals surface area contributed by atoms with Crippen molar-refractivity contribution in [2.75, 3.05) is 32.2 Å². The van der Waals surface area contributed by atoms with Gasteiger partial charge in [0, 0.05) is 61.8 Å². The minimum atomic E-state index is -0.475. The molecular formula is C25H29FN6O2. The van der Waals surface area contributed by atoms with Crippen molar-refractivity contribution in [3.63, 3.8) is 0 Å². The van der Waals surface area contributed by atoms with Gasteiger partial charge in [0.05, 0.1) is 37.1 Å². The van der Waals surface area contributed by atoms with Crippen LogP contribution in [0.3, 0.4) is 0 Å². The Morgan fingerprint density at radius 2 is 1.88 bits per heavy atom. The Morgan fingerprint density at radius 3 is 2.56 bits per heavy atom. The predicted octanol–water partition coefficient (Wildman–Crippen LogP) is 4.32. The van der Waals surface area contributed by atoms with E-state index in [0.717, 1.165) is 16.6 Å². The van der Waals surface area contributed by atoms with Gasteiger partial charge in [0.15, 0.2) is 11.6 Å². The molecule has 0 fully saturated rings. The van der Waals surface area contributed by atoms with Crippen LogP contribution in [-0.4, -0.2) is 53.1 Å². The zero-order chi connectivity index (χ0) is 24.2. The molecule has 0 saturated heterocycles. The number of aromatic nitrogens is 4. The highest BCUT2D eigenvalue weighted by molar-refractivity contribution is 5.82. The van der Waals surface area contributed by atoms with E-state index < -0.39 is 5.82 Å². The van der Waals surface area contributed by atoms with Crippen LogP contribution in [0.1, 0.15) is 13.8 Å². The van der Waals surface area contributed by atoms with Gasteiger partial charge in [-0.1, -0.05) is 13.8 Å². The molecule has 3 heterocycles. The maximum Gasteiger partial charge on any atom is 0.188 e. The van der Waals surface area contributed by atoms with E-state index in [4.69, 9.17) is 14.5 Å². The molecule has 1 aromatic carbocycles. The summed E-state index contributed by atoms with van der Waals surface area (Å²) in [6.07, 6.45) is 5.51. The average molecular weight is 465 g/mol. The van der Waals surface area contributed by atoms with Crippen molar-refractivity contribution < 1.29 is 13.9 Å². The molecule has 4 aromatic rings. The second kappa shape index (κ2) is 10.0. The zero-order valence-electron chi connectivity index (χ0n) is 20.0. The number of nitrogens with one attached hydrogen (secondary N) is 1. The van der Waals surface area contributed by atoms with E-state index in [1.54, 1.807) is 30.3 Å². The molecule has 0 saturated carbocycles. The number of hydrogen-bond donors (Lipinski definition) is 1. The molecule has 0 aliphatic carbocycles. The summed E-state index contributed by atoms with van der Waals surface area (Å²) in [5, 5.41) is 7.62. The highest BCUT2D eigenvalue weighted by atomic mass is 19.1. The molecule has 9 heteroatoms. The van der Waals surface area contributed by atoms with Crippen molar-refractivity contribution in [3.8, 4) is 22.6 Å². The normalized spacial score (nSPS) is 11.3. The van der Waals surface area contributed by atoms with Gasteiger partial charge in [-0.15, -0.1) is 0 Å². The van der Waals surface area contributed by atoms with Crippen LogP contribution in [0.5, 0.6) is 11.5 Å². The summed E-state index contributed by atoms with van der Waals surface area (Å²) >= 11 is 0. The lowest BCUT2D eigenvalue weighted by molar-refractivity contribution is 0.374. The lowest BCUT2D eigenvalue weighted by Gasteiger charge is -2.26. The van der Waals surface area contributed by atoms with E-state index in [-0.39, 0.29) is 5.75 Å². The summed E-state index contributed by atoms with van der Waals surface area (Å²) in [6.45, 7) is 5.25. The monoisotopic (exact) mass is 464 g/mol. The molecule has 0 unspecified atom stereocenters. The van der Waals surface area contributed by atoms with E-state index in [1.807, 2.05) is 36.3 Å². The first-order chi connectivity index (χ1) is 16.4. The predicted molar refractivity (Wildman–Crippen MR) is 131 cm³/mol. The summed E-state index contributed by atoms with van der Waals surface area (Å²) in [5.74, 6) is 0.725. The van der Waals surface area contributed by atoms with Crippen LogP contribution >= 0.6 is 0 Å². The Hall–Kier alpha value is -3.72. The van der Waals surface area contributed by atoms with Gasteiger partial charge in [0.2, 0.25) is 0 Å². The number of nitrogens with zero attached hydrogens (tertiary/aromatic N) is 5. The van der Waals surface area contributed by atoms with E-state index in [2.05, 4.69) is 29.2 Å². The maximum absolute atomic E-state index is 15.4. The molecule has 0 aliphatic heterocycles. The van der Waals surface area contributed by atoms with Crippen LogP contribution in [0.4, 0.5) is 15.9 Å². The molecule has 0 aliphatic rings. The van der Waals surface area contributed by atoms with Crippen molar-refractivity contribution in [1.29, 1.82) is 0 Å². The van der Waals surface area contributed by atoms with Gasteiger partial charge < -0.3 is 19.7 Å². The van der Waals surface area contributed by atoms with Crippen molar-refractivity contribution in [3.05, 3.63) is 54.7 Å². The molecule has 3 aromatic heterocycles. The highest BCUT2D eigenvalue weighted by Crippen LogP contribution is 2.36. The Kier molecular flexibility index (Phi) is 6.93. The largest absolute Gasteiger partial charge is 0.497 e. The minimum Gasteiger partial charge on any atom is -0.497 e. The second-order valence-corrected chi connectivity index (χ2v) is 8.26. The highest BCUT2D eigenvalue weighted by Gasteiger charge is 2.21. The number of ether oxygens (including phenoxy) is 2. The topological polar surface area (TPSA) is 77.3 Å². The summed E-state index contributed by atoms with van der Waals surface area (Å²) < 4.78 is 27.8. The smallest absolute Gasteiger partial charge is 0.188 e. The fraction of sp³-hybridized carbons (Fsp3) is 0.320. The number of fused-ring (bicyclic) bond motifs is 1. The Labute approximate surface area is 198 Å². The molecule has 4 rings (SSSR count). The van der Waals surface area contributed by atoms with Crippen LogP contribution < -0.4 is 19.7 Å². The molecule has 1 N–H and O–H groups in total. The minimum absolute atomic E-state index is 0.109. The molecule has 34 heavy (non-hydrogen) atoms. The van der Waals surface area contributed by atoms with Crippen LogP contribution in [-0.2, 0) is 7.05 Å². The summed E-state index contributed by atoms with van der Waals surface area (Å²) in [5.41, 5.74) is 3.64. The third-order valence-corrected chi connectivity index (χ3v) is 5.47. The Balaban J connectivity index is 1.80. The van der Waals surface area contributed by atoms with Gasteiger partial charge in [-0.05, 0) is 18.2 Å². The molecule has 178 valence electrons. The standard InChI is InChI=1S/C25H29FN6O2/c1-16(2)27-8-9-32(22-11-19(33-4)12-23(34-5)25(22)26)24-7-6-20-21(30-24)10-17(13-28-20)18-14-29-31(3)15-18/h6-7,10-16,27H,8-9H2,1-5H3. The SMILES string of the molecule is COc1cc(OC)c(F)c(N(CCNC(C)C)c2ccc3ncc(-c4cnn(C)c4)cc3n2)c1. The number of anilines is 2. The lowest BCUT2D eigenvalue weighted by atomic mass is 10.1. The van der Waals surface area contributed by atoms with E-state index in [0.29, 0.717) is 41.9 Å². The molecule has 0 bridgehead atoms. The second-order valence-electron chi connectivity index (χ2n) is 8.26. The number of aryl methyl sites for hydroxylation is 1. The number of rotatable bonds is 9. The average Bonchev–Trinajstić information content (AvgIpc) is 3.27. The summed E-state index contributed by atoms with van der Waals surface area (Å²) in [7, 11) is 4.85. The van der Waals surface area contributed by atoms with Crippen LogP contribution in [0.25, 0.3) is 22.2 Å². The summed E-state index contributed by atoms with van der Waals surface area (Å²) in [6, 6.07) is 9.19. The third-order valence-electron chi connectivity index (χ3n) is 5.47. The fourth-order valence-corrected chi connectivity index (χ4v) is 3.72. The first kappa shape index (κ1) is 23.4. The number of pyridine rings is 2. The molecule has 0 spiro atoms. The van der Waals surface area contributed by atoms with E-state index >= 15 is 4.39 Å². The van der Waals surface area contributed by atoms with Crippen LogP contribution in [0.2, 0.25) is 0 Å². The molecule has 0 radical (unpaired) electrons. The van der Waals surface area contributed by atoms with Gasteiger partial charge in [0.25, 0.3) is 0 Å². The summed E-state index contributed by atoms with van der Waals surface area (Å²) in [4.78, 5) is 11.2. The van der Waals surface area contributed by atoms with Crippen molar-refractivity contribution in [1.82, 2.24) is 25.1 Å². The van der Waals surface area contributed by atoms with Crippen molar-refractivity contribution in [2.24, 2.45) is 7.05 Å². The molecule has 0 atom stereocenters. The fourth-order valence-electron chi connectivity index (χ4n) is 3.72. The van der Waals surface area contributed by atoms with Crippen molar-refractivity contribution in [2.45, 2.75) is 19.9 Å². The van der Waals surface area contributed by atoms with Crippen LogP contribution in [0.15, 0.2) is 48.9 Å². The number of halogens is 1. The first-order valence-corrected chi connectivity index (χ1v) is 11.1. The van der Waals surface area contributed by atoms with E-state index in [9.17, 15) is 0 Å². The Bertz CT molecular complexity index is 1290. The zero-order valence-corrected chi connectivity index (χ0v) is 20.0. The number of hydrogen-bond acceptors (Lipinski definition) is 7. The van der Waals surface area contributed by atoms with Gasteiger partial charge in [-0.3, -0.25) is 9.67 Å². The lowest BCUT2D eigenvalue weighted by Crippen LogP contribution is -2.33.